The standard InChI is InChI=1S/C25H42N6O2S4.4ClH/c1-32-24(8-5-10-26-18-24)20-36-16-14-30-22(34-3)28-12-7-13-29-23(35-4)31-15-17-37-21-25(33-2)9-6-11-27-19-25;;;;/h5-6,8-11H,7,12-21H2,1-4H3,(H,28,30)(H,29,31);4*1H. The Labute approximate surface area is 288 Å². The molecule has 2 aliphatic rings. The molecule has 0 radical (unpaired) electrons. The minimum atomic E-state index is -0.269. The van der Waals surface area contributed by atoms with Crippen molar-refractivity contribution in [3.63, 3.8) is 0 Å². The molecule has 2 aliphatic heterocycles. The molecule has 0 saturated heterocycles. The number of amidine groups is 2. The lowest BCUT2D eigenvalue weighted by Gasteiger charge is -2.28. The molecule has 2 heterocycles. The molecule has 0 spiro atoms. The molecule has 0 fully saturated rings. The summed E-state index contributed by atoms with van der Waals surface area (Å²) in [5.41, 5.74) is -0.538. The van der Waals surface area contributed by atoms with Gasteiger partial charge < -0.3 is 20.1 Å². The predicted octanol–water partition coefficient (Wildman–Crippen LogP) is 5.20. The Kier molecular flexibility index (Phi) is 30.9. The second-order valence-electron chi connectivity index (χ2n) is 8.33. The van der Waals surface area contributed by atoms with Gasteiger partial charge in [0.15, 0.2) is 10.3 Å². The summed E-state index contributed by atoms with van der Waals surface area (Å²) in [5.74, 6) is 3.77. The van der Waals surface area contributed by atoms with Crippen LogP contribution in [0.1, 0.15) is 6.42 Å². The average Bonchev–Trinajstić information content (AvgIpc) is 2.95. The maximum Gasteiger partial charge on any atom is 0.156 e. The van der Waals surface area contributed by atoms with E-state index in [9.17, 15) is 0 Å². The normalized spacial score (nSPS) is 21.3. The molecule has 0 aromatic rings. The summed E-state index contributed by atoms with van der Waals surface area (Å²) in [6.45, 7) is 4.67. The zero-order valence-corrected chi connectivity index (χ0v) is 30.6. The van der Waals surface area contributed by atoms with Crippen molar-refractivity contribution in [2.24, 2.45) is 20.0 Å². The first-order chi connectivity index (χ1) is 18.1. The van der Waals surface area contributed by atoms with Crippen LogP contribution in [0.2, 0.25) is 0 Å². The van der Waals surface area contributed by atoms with Crippen molar-refractivity contribution >= 4 is 119 Å². The summed E-state index contributed by atoms with van der Waals surface area (Å²) in [6.07, 6.45) is 16.9. The molecular formula is C25H46Cl4N6O2S4. The predicted molar refractivity (Wildman–Crippen MR) is 200 cm³/mol. The quantitative estimate of drug-likeness (QED) is 0.127. The monoisotopic (exact) mass is 730 g/mol. The van der Waals surface area contributed by atoms with Gasteiger partial charge in [-0.05, 0) is 43.2 Å². The second-order valence-corrected chi connectivity index (χ2v) is 12.1. The van der Waals surface area contributed by atoms with Crippen molar-refractivity contribution in [3.05, 3.63) is 24.3 Å². The van der Waals surface area contributed by atoms with Gasteiger partial charge in [-0.1, -0.05) is 23.5 Å². The third-order valence-corrected chi connectivity index (χ3v) is 9.36. The van der Waals surface area contributed by atoms with Gasteiger partial charge >= 0.3 is 0 Å². The summed E-state index contributed by atoms with van der Waals surface area (Å²) in [4.78, 5) is 18.1. The van der Waals surface area contributed by atoms with E-state index in [4.69, 9.17) is 19.5 Å². The summed E-state index contributed by atoms with van der Waals surface area (Å²) >= 11 is 7.05. The van der Waals surface area contributed by atoms with Crippen LogP contribution in [-0.2, 0) is 9.47 Å². The molecular weight excluding hydrogens is 686 g/mol. The fourth-order valence-corrected chi connectivity index (χ4v) is 6.43. The fourth-order valence-electron chi connectivity index (χ4n) is 3.42. The number of hydrogen-bond donors (Lipinski definition) is 2. The van der Waals surface area contributed by atoms with Crippen LogP contribution in [0, 0.1) is 0 Å². The lowest BCUT2D eigenvalue weighted by molar-refractivity contribution is 0.0603. The van der Waals surface area contributed by atoms with Crippen molar-refractivity contribution in [1.82, 2.24) is 10.6 Å². The number of halogens is 4. The highest BCUT2D eigenvalue weighted by molar-refractivity contribution is 8.13. The second kappa shape index (κ2) is 27.8. The van der Waals surface area contributed by atoms with E-state index >= 15 is 0 Å². The molecule has 0 amide bonds. The van der Waals surface area contributed by atoms with Crippen molar-refractivity contribution in [1.29, 1.82) is 0 Å². The van der Waals surface area contributed by atoms with Gasteiger partial charge in [0.2, 0.25) is 0 Å². The number of thioether (sulfide) groups is 4. The van der Waals surface area contributed by atoms with E-state index in [2.05, 4.69) is 45.3 Å². The molecule has 240 valence electrons. The Morgan fingerprint density at radius 3 is 1.49 bits per heavy atom. The van der Waals surface area contributed by atoms with Gasteiger partial charge in [0.1, 0.15) is 11.2 Å². The number of nitrogens with zero attached hydrogens (tertiary/aromatic N) is 4. The SMILES string of the molecule is COC1(CSCCNC(=NCCCN=C(NCCSCC2(OC)C=CC=NC2)SC)SC)C=CC=NC1.Cl.Cl.Cl.Cl. The smallest absolute Gasteiger partial charge is 0.156 e. The van der Waals surface area contributed by atoms with Gasteiger partial charge in [-0.3, -0.25) is 20.0 Å². The van der Waals surface area contributed by atoms with Crippen LogP contribution in [0.4, 0.5) is 0 Å². The van der Waals surface area contributed by atoms with Gasteiger partial charge in [0.25, 0.3) is 0 Å². The lowest BCUT2D eigenvalue weighted by Crippen LogP contribution is -2.37. The van der Waals surface area contributed by atoms with E-state index in [1.807, 2.05) is 48.1 Å². The number of nitrogens with one attached hydrogen (secondary N) is 2. The number of dihydropyridines is 2. The number of aliphatic imine (C=N–C) groups is 4. The first kappa shape index (κ1) is 45.7. The van der Waals surface area contributed by atoms with Gasteiger partial charge in [-0.2, -0.15) is 23.5 Å². The number of methoxy groups -OCH3 is 2. The van der Waals surface area contributed by atoms with E-state index in [1.54, 1.807) is 37.7 Å². The highest BCUT2D eigenvalue weighted by atomic mass is 35.5. The van der Waals surface area contributed by atoms with E-state index in [0.717, 1.165) is 65.9 Å². The lowest BCUT2D eigenvalue weighted by atomic mass is 10.1. The largest absolute Gasteiger partial charge is 0.371 e. The van der Waals surface area contributed by atoms with Gasteiger partial charge in [-0.15, -0.1) is 49.6 Å². The van der Waals surface area contributed by atoms with Crippen molar-refractivity contribution in [2.45, 2.75) is 17.6 Å². The molecule has 16 heteroatoms. The van der Waals surface area contributed by atoms with Crippen LogP contribution in [0.15, 0.2) is 44.3 Å². The number of allylic oxidation sites excluding steroid dienone is 2. The Balaban J connectivity index is -0.00000361. The molecule has 8 nitrogen and oxygen atoms in total. The molecule has 2 unspecified atom stereocenters. The zero-order valence-electron chi connectivity index (χ0n) is 24.1. The zero-order chi connectivity index (χ0) is 26.7. The minimum Gasteiger partial charge on any atom is -0.371 e. The molecule has 2 atom stereocenters. The first-order valence-corrected chi connectivity index (χ1v) is 17.1. The average molecular weight is 733 g/mol. The number of rotatable bonds is 16. The van der Waals surface area contributed by atoms with Crippen molar-refractivity contribution in [3.8, 4) is 0 Å². The van der Waals surface area contributed by atoms with Crippen LogP contribution in [0.3, 0.4) is 0 Å². The van der Waals surface area contributed by atoms with Crippen molar-refractivity contribution in [2.75, 3.05) is 89.0 Å². The Morgan fingerprint density at radius 2 is 1.17 bits per heavy atom. The van der Waals surface area contributed by atoms with E-state index in [1.165, 1.54) is 0 Å². The van der Waals surface area contributed by atoms with Gasteiger partial charge in [-0.25, -0.2) is 0 Å². The summed E-state index contributed by atoms with van der Waals surface area (Å²) < 4.78 is 11.4. The summed E-state index contributed by atoms with van der Waals surface area (Å²) in [5, 5.41) is 8.87. The highest BCUT2D eigenvalue weighted by Gasteiger charge is 2.28. The van der Waals surface area contributed by atoms with E-state index in [-0.39, 0.29) is 60.8 Å². The third kappa shape index (κ3) is 18.6. The molecule has 41 heavy (non-hydrogen) atoms. The maximum atomic E-state index is 5.69. The molecule has 2 rings (SSSR count). The minimum absolute atomic E-state index is 0. The van der Waals surface area contributed by atoms with Crippen LogP contribution >= 0.6 is 96.7 Å². The van der Waals surface area contributed by atoms with Crippen LogP contribution < -0.4 is 10.6 Å². The Morgan fingerprint density at radius 1 is 0.756 bits per heavy atom. The molecule has 0 saturated carbocycles. The van der Waals surface area contributed by atoms with Crippen LogP contribution in [0.25, 0.3) is 0 Å². The summed E-state index contributed by atoms with van der Waals surface area (Å²) in [6, 6.07) is 0. The number of ether oxygens (including phenoxy) is 2. The van der Waals surface area contributed by atoms with Crippen LogP contribution in [-0.4, -0.2) is 123 Å². The van der Waals surface area contributed by atoms with E-state index in [0.29, 0.717) is 13.1 Å². The van der Waals surface area contributed by atoms with Gasteiger partial charge in [0.05, 0.1) is 13.1 Å². The molecule has 0 aromatic carbocycles. The highest BCUT2D eigenvalue weighted by Crippen LogP contribution is 2.22. The number of hydrogen-bond acceptors (Lipinski definition) is 10. The third-order valence-electron chi connectivity index (χ3n) is 5.67. The van der Waals surface area contributed by atoms with Crippen molar-refractivity contribution < 1.29 is 9.47 Å². The molecule has 0 aromatic heterocycles. The molecule has 0 aliphatic carbocycles. The molecule has 0 bridgehead atoms. The van der Waals surface area contributed by atoms with E-state index < -0.39 is 0 Å². The maximum absolute atomic E-state index is 5.69. The summed E-state index contributed by atoms with van der Waals surface area (Å²) in [7, 11) is 3.52. The Hall–Kier alpha value is 0.240. The topological polar surface area (TPSA) is 92.0 Å². The van der Waals surface area contributed by atoms with Crippen LogP contribution in [0.5, 0.6) is 0 Å². The Bertz CT molecular complexity index is 789. The van der Waals surface area contributed by atoms with Gasteiger partial charge in [0, 0.05) is 75.8 Å². The fraction of sp³-hybridized carbons (Fsp3) is 0.680. The first-order valence-electron chi connectivity index (χ1n) is 12.4. The molecule has 2 N–H and O–H groups in total.